The van der Waals surface area contributed by atoms with E-state index in [2.05, 4.69) is 24.3 Å². The summed E-state index contributed by atoms with van der Waals surface area (Å²) in [5, 5.41) is 12.4. The van der Waals surface area contributed by atoms with Gasteiger partial charge in [0.1, 0.15) is 0 Å². The molecule has 0 spiro atoms. The van der Waals surface area contributed by atoms with Crippen LogP contribution in [-0.2, 0) is 0 Å². The first-order valence-electron chi connectivity index (χ1n) is 4.73. The fourth-order valence-electron chi connectivity index (χ4n) is 1.35. The zero-order valence-corrected chi connectivity index (χ0v) is 8.08. The molecular formula is C9H20N2O. The van der Waals surface area contributed by atoms with Gasteiger partial charge in [0.15, 0.2) is 0 Å². The van der Waals surface area contributed by atoms with Gasteiger partial charge in [-0.25, -0.2) is 0 Å². The Morgan fingerprint density at radius 1 is 1.50 bits per heavy atom. The highest BCUT2D eigenvalue weighted by atomic mass is 16.3. The molecule has 1 aliphatic rings. The van der Waals surface area contributed by atoms with Crippen LogP contribution < -0.4 is 5.32 Å². The Morgan fingerprint density at radius 3 is 2.58 bits per heavy atom. The normalized spacial score (nSPS) is 20.0. The van der Waals surface area contributed by atoms with Gasteiger partial charge in [0.25, 0.3) is 0 Å². The van der Waals surface area contributed by atoms with Crippen LogP contribution in [0.15, 0.2) is 0 Å². The van der Waals surface area contributed by atoms with Gasteiger partial charge in [0.05, 0.1) is 6.61 Å². The van der Waals surface area contributed by atoms with E-state index < -0.39 is 0 Å². The minimum absolute atomic E-state index is 0.290. The van der Waals surface area contributed by atoms with Crippen LogP contribution >= 0.6 is 0 Å². The van der Waals surface area contributed by atoms with Crippen molar-refractivity contribution in [2.45, 2.75) is 18.9 Å². The second-order valence-electron chi connectivity index (χ2n) is 3.88. The predicted octanol–water partition coefficient (Wildman–Crippen LogP) is -0.0915. The molecule has 1 saturated carbocycles. The maximum Gasteiger partial charge on any atom is 0.0587 e. The lowest BCUT2D eigenvalue weighted by Gasteiger charge is -2.17. The molecule has 0 aromatic rings. The van der Waals surface area contributed by atoms with Gasteiger partial charge in [-0.3, -0.25) is 0 Å². The lowest BCUT2D eigenvalue weighted by Crippen LogP contribution is -2.38. The van der Waals surface area contributed by atoms with Crippen LogP contribution in [0.5, 0.6) is 0 Å². The Morgan fingerprint density at radius 2 is 2.17 bits per heavy atom. The van der Waals surface area contributed by atoms with Crippen LogP contribution in [0.25, 0.3) is 0 Å². The van der Waals surface area contributed by atoms with Crippen molar-refractivity contribution in [3.63, 3.8) is 0 Å². The van der Waals surface area contributed by atoms with E-state index in [1.807, 2.05) is 0 Å². The molecule has 3 heteroatoms. The molecule has 0 saturated heterocycles. The van der Waals surface area contributed by atoms with Crippen molar-refractivity contribution in [2.24, 2.45) is 5.92 Å². The number of hydrogen-bond acceptors (Lipinski definition) is 3. The van der Waals surface area contributed by atoms with Crippen molar-refractivity contribution in [1.82, 2.24) is 10.2 Å². The summed E-state index contributed by atoms with van der Waals surface area (Å²) in [6, 6.07) is 0.352. The highest BCUT2D eigenvalue weighted by Gasteiger charge is 2.29. The molecule has 2 N–H and O–H groups in total. The number of nitrogens with one attached hydrogen (secondary N) is 1. The summed E-state index contributed by atoms with van der Waals surface area (Å²) in [7, 11) is 4.12. The van der Waals surface area contributed by atoms with Gasteiger partial charge in [-0.15, -0.1) is 0 Å². The topological polar surface area (TPSA) is 35.5 Å². The minimum Gasteiger partial charge on any atom is -0.395 e. The third-order valence-electron chi connectivity index (χ3n) is 2.35. The standard InChI is InChI=1S/C9H20N2O/c1-11(2)6-5-10-9(7-12)8-3-4-8/h8-10,12H,3-7H2,1-2H3. The number of nitrogens with zero attached hydrogens (tertiary/aromatic N) is 1. The van der Waals surface area contributed by atoms with Gasteiger partial charge in [-0.2, -0.15) is 0 Å². The molecule has 1 unspecified atom stereocenters. The van der Waals surface area contributed by atoms with Gasteiger partial charge in [0.2, 0.25) is 0 Å². The van der Waals surface area contributed by atoms with E-state index in [4.69, 9.17) is 5.11 Å². The fourth-order valence-corrected chi connectivity index (χ4v) is 1.35. The Kier molecular flexibility index (Phi) is 3.98. The van der Waals surface area contributed by atoms with Crippen LogP contribution in [0.1, 0.15) is 12.8 Å². The average molecular weight is 172 g/mol. The van der Waals surface area contributed by atoms with Crippen LogP contribution in [-0.4, -0.2) is 49.8 Å². The zero-order chi connectivity index (χ0) is 8.97. The van der Waals surface area contributed by atoms with Crippen molar-refractivity contribution in [1.29, 1.82) is 0 Å². The second kappa shape index (κ2) is 4.80. The lowest BCUT2D eigenvalue weighted by atomic mass is 10.2. The van der Waals surface area contributed by atoms with Crippen LogP contribution in [0.3, 0.4) is 0 Å². The number of rotatable bonds is 6. The molecule has 0 bridgehead atoms. The molecule has 0 radical (unpaired) electrons. The minimum atomic E-state index is 0.290. The summed E-state index contributed by atoms with van der Waals surface area (Å²) < 4.78 is 0. The first-order chi connectivity index (χ1) is 5.74. The fraction of sp³-hybridized carbons (Fsp3) is 1.00. The SMILES string of the molecule is CN(C)CCNC(CO)C1CC1. The van der Waals surface area contributed by atoms with E-state index in [9.17, 15) is 0 Å². The van der Waals surface area contributed by atoms with Gasteiger partial charge < -0.3 is 15.3 Å². The smallest absolute Gasteiger partial charge is 0.0587 e. The summed E-state index contributed by atoms with van der Waals surface area (Å²) in [6.07, 6.45) is 2.58. The molecular weight excluding hydrogens is 152 g/mol. The number of aliphatic hydroxyl groups excluding tert-OH is 1. The lowest BCUT2D eigenvalue weighted by molar-refractivity contribution is 0.224. The largest absolute Gasteiger partial charge is 0.395 e. The maximum absolute atomic E-state index is 9.03. The highest BCUT2D eigenvalue weighted by molar-refractivity contribution is 4.85. The first-order valence-corrected chi connectivity index (χ1v) is 4.73. The first kappa shape index (κ1) is 9.96. The van der Waals surface area contributed by atoms with Crippen LogP contribution in [0, 0.1) is 5.92 Å². The molecule has 0 aliphatic heterocycles. The molecule has 1 atom stereocenters. The third kappa shape index (κ3) is 3.52. The summed E-state index contributed by atoms with van der Waals surface area (Å²) in [5.74, 6) is 0.747. The molecule has 1 aliphatic carbocycles. The van der Waals surface area contributed by atoms with Crippen LogP contribution in [0.4, 0.5) is 0 Å². The summed E-state index contributed by atoms with van der Waals surface area (Å²) in [6.45, 7) is 2.32. The summed E-state index contributed by atoms with van der Waals surface area (Å²) in [5.41, 5.74) is 0. The van der Waals surface area contributed by atoms with Gasteiger partial charge in [-0.1, -0.05) is 0 Å². The van der Waals surface area contributed by atoms with E-state index in [0.29, 0.717) is 6.04 Å². The Labute approximate surface area is 74.8 Å². The van der Waals surface area contributed by atoms with E-state index in [1.54, 1.807) is 0 Å². The molecule has 0 aromatic carbocycles. The van der Waals surface area contributed by atoms with Crippen molar-refractivity contribution in [2.75, 3.05) is 33.8 Å². The molecule has 72 valence electrons. The molecule has 1 rings (SSSR count). The predicted molar refractivity (Wildman–Crippen MR) is 50.2 cm³/mol. The number of likely N-dealkylation sites (N-methyl/N-ethyl adjacent to an activating group) is 1. The van der Waals surface area contributed by atoms with Crippen molar-refractivity contribution in [3.8, 4) is 0 Å². The maximum atomic E-state index is 9.03. The molecule has 3 nitrogen and oxygen atoms in total. The molecule has 12 heavy (non-hydrogen) atoms. The van der Waals surface area contributed by atoms with Crippen LogP contribution in [0.2, 0.25) is 0 Å². The van der Waals surface area contributed by atoms with E-state index >= 15 is 0 Å². The Bertz CT molecular complexity index is 124. The molecule has 0 amide bonds. The zero-order valence-electron chi connectivity index (χ0n) is 8.08. The third-order valence-corrected chi connectivity index (χ3v) is 2.35. The molecule has 0 heterocycles. The van der Waals surface area contributed by atoms with Gasteiger partial charge in [-0.05, 0) is 32.9 Å². The summed E-state index contributed by atoms with van der Waals surface area (Å²) in [4.78, 5) is 2.15. The van der Waals surface area contributed by atoms with Crippen molar-refractivity contribution in [3.05, 3.63) is 0 Å². The van der Waals surface area contributed by atoms with E-state index in [0.717, 1.165) is 19.0 Å². The van der Waals surface area contributed by atoms with Gasteiger partial charge >= 0.3 is 0 Å². The highest BCUT2D eigenvalue weighted by Crippen LogP contribution is 2.32. The Balaban J connectivity index is 2.02. The van der Waals surface area contributed by atoms with E-state index in [1.165, 1.54) is 12.8 Å². The summed E-state index contributed by atoms with van der Waals surface area (Å²) >= 11 is 0. The van der Waals surface area contributed by atoms with Gasteiger partial charge in [0, 0.05) is 19.1 Å². The van der Waals surface area contributed by atoms with Crippen molar-refractivity contribution < 1.29 is 5.11 Å². The van der Waals surface area contributed by atoms with E-state index in [-0.39, 0.29) is 6.61 Å². The quantitative estimate of drug-likeness (QED) is 0.588. The number of aliphatic hydroxyl groups is 1. The second-order valence-corrected chi connectivity index (χ2v) is 3.88. The van der Waals surface area contributed by atoms with Crippen molar-refractivity contribution >= 4 is 0 Å². The average Bonchev–Trinajstić information content (AvgIpc) is 2.80. The molecule has 1 fully saturated rings. The molecule has 0 aromatic heterocycles. The number of hydrogen-bond donors (Lipinski definition) is 2. The monoisotopic (exact) mass is 172 g/mol. The Hall–Kier alpha value is -0.120.